The first kappa shape index (κ1) is 15.9. The molecule has 1 unspecified atom stereocenters. The van der Waals surface area contributed by atoms with E-state index in [2.05, 4.69) is 15.1 Å². The number of nitrogens with zero attached hydrogens (tertiary/aromatic N) is 3. The third kappa shape index (κ3) is 3.52. The standard InChI is InChI=1S/C16H13ClN4O3/c1-9(23-16(22)11-7-12(17)19-13(18)8-11)15-20-14(21-24-15)10-5-3-2-4-6-10/h2-9H,1H3,(H2,18,19). The summed E-state index contributed by atoms with van der Waals surface area (Å²) in [6.07, 6.45) is -0.726. The molecule has 0 aliphatic rings. The molecule has 3 rings (SSSR count). The molecule has 0 fully saturated rings. The molecule has 1 atom stereocenters. The lowest BCUT2D eigenvalue weighted by Gasteiger charge is -2.09. The van der Waals surface area contributed by atoms with Gasteiger partial charge in [-0.15, -0.1) is 0 Å². The minimum atomic E-state index is -0.726. The van der Waals surface area contributed by atoms with Gasteiger partial charge in [-0.1, -0.05) is 47.1 Å². The number of benzene rings is 1. The van der Waals surface area contributed by atoms with Gasteiger partial charge in [-0.2, -0.15) is 4.98 Å². The summed E-state index contributed by atoms with van der Waals surface area (Å²) >= 11 is 5.78. The number of hydrogen-bond acceptors (Lipinski definition) is 7. The number of pyridine rings is 1. The predicted molar refractivity (Wildman–Crippen MR) is 87.2 cm³/mol. The summed E-state index contributed by atoms with van der Waals surface area (Å²) in [5, 5.41) is 4.00. The molecular formula is C16H13ClN4O3. The van der Waals surface area contributed by atoms with Gasteiger partial charge in [-0.05, 0) is 19.1 Å². The Morgan fingerprint density at radius 1 is 1.25 bits per heavy atom. The number of nitrogen functional groups attached to an aromatic ring is 1. The fourth-order valence-electron chi connectivity index (χ4n) is 2.02. The number of halogens is 1. The second-order valence-electron chi connectivity index (χ2n) is 4.97. The van der Waals surface area contributed by atoms with Crippen LogP contribution in [0.1, 0.15) is 29.3 Å². The van der Waals surface area contributed by atoms with E-state index in [0.29, 0.717) is 5.82 Å². The number of ether oxygens (including phenoxy) is 1. The molecule has 2 aromatic heterocycles. The molecule has 0 amide bonds. The van der Waals surface area contributed by atoms with Crippen molar-refractivity contribution in [3.8, 4) is 11.4 Å². The van der Waals surface area contributed by atoms with Crippen molar-refractivity contribution in [2.75, 3.05) is 5.73 Å². The Bertz CT molecular complexity index is 847. The molecule has 8 heteroatoms. The third-order valence-corrected chi connectivity index (χ3v) is 3.35. The zero-order chi connectivity index (χ0) is 17.1. The highest BCUT2D eigenvalue weighted by atomic mass is 35.5. The fourth-order valence-corrected chi connectivity index (χ4v) is 2.23. The molecular weight excluding hydrogens is 332 g/mol. The maximum atomic E-state index is 12.2. The number of anilines is 1. The molecule has 24 heavy (non-hydrogen) atoms. The van der Waals surface area contributed by atoms with E-state index in [4.69, 9.17) is 26.6 Å². The summed E-state index contributed by atoms with van der Waals surface area (Å²) in [5.74, 6) is 0.129. The lowest BCUT2D eigenvalue weighted by atomic mass is 10.2. The van der Waals surface area contributed by atoms with Gasteiger partial charge in [0.05, 0.1) is 5.56 Å². The van der Waals surface area contributed by atoms with E-state index in [9.17, 15) is 4.79 Å². The SMILES string of the molecule is CC(OC(=O)c1cc(N)nc(Cl)c1)c1nc(-c2ccccc2)no1. The van der Waals surface area contributed by atoms with E-state index in [1.54, 1.807) is 6.92 Å². The zero-order valence-electron chi connectivity index (χ0n) is 12.6. The summed E-state index contributed by atoms with van der Waals surface area (Å²) in [6, 6.07) is 12.1. The van der Waals surface area contributed by atoms with Crippen LogP contribution in [0.15, 0.2) is 47.0 Å². The van der Waals surface area contributed by atoms with Crippen LogP contribution in [0.25, 0.3) is 11.4 Å². The highest BCUT2D eigenvalue weighted by molar-refractivity contribution is 6.29. The van der Waals surface area contributed by atoms with Crippen molar-refractivity contribution in [2.24, 2.45) is 0 Å². The Balaban J connectivity index is 1.74. The van der Waals surface area contributed by atoms with Crippen molar-refractivity contribution in [3.05, 3.63) is 59.1 Å². The molecule has 2 N–H and O–H groups in total. The summed E-state index contributed by atoms with van der Waals surface area (Å²) in [4.78, 5) is 20.2. The molecule has 2 heterocycles. The first-order chi connectivity index (χ1) is 11.5. The minimum absolute atomic E-state index is 0.110. The Morgan fingerprint density at radius 3 is 2.71 bits per heavy atom. The van der Waals surface area contributed by atoms with E-state index in [1.807, 2.05) is 30.3 Å². The summed E-state index contributed by atoms with van der Waals surface area (Å²) < 4.78 is 10.5. The van der Waals surface area contributed by atoms with Crippen molar-refractivity contribution in [1.82, 2.24) is 15.1 Å². The first-order valence-corrected chi connectivity index (χ1v) is 7.44. The minimum Gasteiger partial charge on any atom is -0.449 e. The summed E-state index contributed by atoms with van der Waals surface area (Å²) in [5.41, 5.74) is 6.56. The topological polar surface area (TPSA) is 104 Å². The maximum absolute atomic E-state index is 12.2. The van der Waals surface area contributed by atoms with Crippen LogP contribution in [-0.4, -0.2) is 21.1 Å². The van der Waals surface area contributed by atoms with Gasteiger partial charge in [0.2, 0.25) is 5.82 Å². The van der Waals surface area contributed by atoms with E-state index >= 15 is 0 Å². The van der Waals surface area contributed by atoms with Gasteiger partial charge < -0.3 is 15.0 Å². The predicted octanol–water partition coefficient (Wildman–Crippen LogP) is 3.29. The van der Waals surface area contributed by atoms with Gasteiger partial charge in [-0.3, -0.25) is 0 Å². The van der Waals surface area contributed by atoms with Crippen LogP contribution in [0, 0.1) is 0 Å². The first-order valence-electron chi connectivity index (χ1n) is 7.06. The number of aromatic nitrogens is 3. The van der Waals surface area contributed by atoms with E-state index < -0.39 is 12.1 Å². The Morgan fingerprint density at radius 2 is 2.00 bits per heavy atom. The number of carbonyl (C=O) groups excluding carboxylic acids is 1. The molecule has 3 aromatic rings. The maximum Gasteiger partial charge on any atom is 0.339 e. The molecule has 0 aliphatic heterocycles. The molecule has 0 spiro atoms. The van der Waals surface area contributed by atoms with Gasteiger partial charge in [-0.25, -0.2) is 9.78 Å². The quantitative estimate of drug-likeness (QED) is 0.572. The van der Waals surface area contributed by atoms with E-state index in [1.165, 1.54) is 12.1 Å². The van der Waals surface area contributed by atoms with Gasteiger partial charge in [0.25, 0.3) is 5.89 Å². The van der Waals surface area contributed by atoms with Crippen LogP contribution >= 0.6 is 11.6 Å². The summed E-state index contributed by atoms with van der Waals surface area (Å²) in [6.45, 7) is 1.63. The number of hydrogen-bond donors (Lipinski definition) is 1. The molecule has 122 valence electrons. The van der Waals surface area contributed by atoms with Crippen LogP contribution in [0.2, 0.25) is 5.15 Å². The van der Waals surface area contributed by atoms with E-state index in [0.717, 1.165) is 5.56 Å². The van der Waals surface area contributed by atoms with Gasteiger partial charge in [0.15, 0.2) is 6.10 Å². The van der Waals surface area contributed by atoms with Crippen molar-refractivity contribution in [2.45, 2.75) is 13.0 Å². The third-order valence-electron chi connectivity index (χ3n) is 3.15. The zero-order valence-corrected chi connectivity index (χ0v) is 13.4. The van der Waals surface area contributed by atoms with Crippen LogP contribution in [-0.2, 0) is 4.74 Å². The van der Waals surface area contributed by atoms with Crippen molar-refractivity contribution in [1.29, 1.82) is 0 Å². The number of nitrogens with two attached hydrogens (primary N) is 1. The molecule has 1 aromatic carbocycles. The average molecular weight is 345 g/mol. The second kappa shape index (κ2) is 6.67. The number of esters is 1. The van der Waals surface area contributed by atoms with Crippen LogP contribution < -0.4 is 5.73 Å². The van der Waals surface area contributed by atoms with Crippen LogP contribution in [0.5, 0.6) is 0 Å². The molecule has 0 radical (unpaired) electrons. The lowest BCUT2D eigenvalue weighted by molar-refractivity contribution is 0.0265. The monoisotopic (exact) mass is 344 g/mol. The highest BCUT2D eigenvalue weighted by Gasteiger charge is 2.20. The van der Waals surface area contributed by atoms with Gasteiger partial charge in [0, 0.05) is 5.56 Å². The van der Waals surface area contributed by atoms with Crippen molar-refractivity contribution >= 4 is 23.4 Å². The van der Waals surface area contributed by atoms with Gasteiger partial charge in [0.1, 0.15) is 11.0 Å². The Labute approximate surface area is 142 Å². The average Bonchev–Trinajstić information content (AvgIpc) is 3.05. The van der Waals surface area contributed by atoms with Crippen molar-refractivity contribution in [3.63, 3.8) is 0 Å². The normalized spacial score (nSPS) is 11.9. The second-order valence-corrected chi connectivity index (χ2v) is 5.36. The molecule has 0 saturated carbocycles. The number of rotatable bonds is 4. The summed E-state index contributed by atoms with van der Waals surface area (Å²) in [7, 11) is 0. The molecule has 0 aliphatic carbocycles. The fraction of sp³-hybridized carbons (Fsp3) is 0.125. The highest BCUT2D eigenvalue weighted by Crippen LogP contribution is 2.22. The lowest BCUT2D eigenvalue weighted by Crippen LogP contribution is -2.10. The van der Waals surface area contributed by atoms with Crippen molar-refractivity contribution < 1.29 is 14.1 Å². The van der Waals surface area contributed by atoms with E-state index in [-0.39, 0.29) is 22.4 Å². The molecule has 7 nitrogen and oxygen atoms in total. The number of carbonyl (C=O) groups is 1. The van der Waals surface area contributed by atoms with Gasteiger partial charge >= 0.3 is 5.97 Å². The Kier molecular flexibility index (Phi) is 4.43. The smallest absolute Gasteiger partial charge is 0.339 e. The van der Waals surface area contributed by atoms with Crippen LogP contribution in [0.4, 0.5) is 5.82 Å². The molecule has 0 bridgehead atoms. The Hall–Kier alpha value is -2.93. The largest absolute Gasteiger partial charge is 0.449 e. The molecule has 0 saturated heterocycles. The van der Waals surface area contributed by atoms with Crippen LogP contribution in [0.3, 0.4) is 0 Å².